The van der Waals surface area contributed by atoms with Gasteiger partial charge in [0.2, 0.25) is 5.91 Å². The van der Waals surface area contributed by atoms with Crippen molar-refractivity contribution in [2.24, 2.45) is 17.4 Å². The minimum atomic E-state index is -0.869. The van der Waals surface area contributed by atoms with Crippen molar-refractivity contribution in [2.75, 3.05) is 37.9 Å². The molecule has 0 aliphatic carbocycles. The first kappa shape index (κ1) is 60.0. The SMILES string of the molecule is C.C.C.C.C.C.CCCC(=O)OCCC(CSCC(N)C(=O)CC(CO)C(=O)CCCOCCC(=O)CCC(N)=O)OC(=O)CCC. The third kappa shape index (κ3) is 33.3. The maximum absolute atomic E-state index is 12.6. The van der Waals surface area contributed by atoms with E-state index in [1.54, 1.807) is 0 Å². The molecule has 0 saturated heterocycles. The molecule has 1 amide bonds. The molecule has 0 saturated carbocycles. The standard InChI is InChI=1S/C28H48N2O10S.6CH4/c1-3-6-27(36)39-15-12-22(40-28(37)7-4-2)18-41-19-23(29)25(34)16-20(17-31)24(33)8-5-13-38-14-11-21(32)9-10-26(30)35;;;;;;/h20,22-23,31H,3-19,29H2,1-2H3,(H2,30,35);6*1H4. The van der Waals surface area contributed by atoms with Crippen LogP contribution in [0.2, 0.25) is 0 Å². The first-order valence-corrected chi connectivity index (χ1v) is 15.4. The highest BCUT2D eigenvalue weighted by molar-refractivity contribution is 7.99. The van der Waals surface area contributed by atoms with Crippen LogP contribution >= 0.6 is 11.8 Å². The summed E-state index contributed by atoms with van der Waals surface area (Å²) in [5.41, 5.74) is 11.0. The fourth-order valence-corrected chi connectivity index (χ4v) is 4.60. The maximum atomic E-state index is 12.6. The van der Waals surface area contributed by atoms with E-state index in [2.05, 4.69) is 0 Å². The molecule has 3 atom stereocenters. The lowest BCUT2D eigenvalue weighted by atomic mass is 9.93. The molecule has 0 spiro atoms. The van der Waals surface area contributed by atoms with Gasteiger partial charge in [-0.05, 0) is 19.3 Å². The highest BCUT2D eigenvalue weighted by Crippen LogP contribution is 2.15. The molecule has 13 heteroatoms. The number of primary amides is 1. The second kappa shape index (κ2) is 38.1. The number of ether oxygens (including phenoxy) is 3. The molecular formula is C34H72N2O10S. The molecule has 0 aromatic heterocycles. The Bertz CT molecular complexity index is 827. The normalized spacial score (nSPS) is 11.5. The van der Waals surface area contributed by atoms with Crippen molar-refractivity contribution in [2.45, 2.75) is 141 Å². The molecule has 3 unspecified atom stereocenters. The van der Waals surface area contributed by atoms with Crippen molar-refractivity contribution in [3.8, 4) is 0 Å². The number of ketones is 3. The molecule has 0 rings (SSSR count). The van der Waals surface area contributed by atoms with Crippen LogP contribution in [0.5, 0.6) is 0 Å². The molecule has 0 aliphatic heterocycles. The first-order chi connectivity index (χ1) is 19.5. The van der Waals surface area contributed by atoms with Crippen molar-refractivity contribution in [1.29, 1.82) is 0 Å². The summed E-state index contributed by atoms with van der Waals surface area (Å²) in [5, 5.41) is 9.65. The average Bonchev–Trinajstić information content (AvgIpc) is 2.92. The van der Waals surface area contributed by atoms with E-state index < -0.39 is 30.6 Å². The number of hydrogen-bond acceptors (Lipinski definition) is 12. The molecule has 0 heterocycles. The molecule has 12 nitrogen and oxygen atoms in total. The number of amides is 1. The largest absolute Gasteiger partial charge is 0.466 e. The Hall–Kier alpha value is -2.35. The number of aliphatic hydroxyl groups is 1. The Morgan fingerprint density at radius 2 is 1.32 bits per heavy atom. The third-order valence-electron chi connectivity index (χ3n) is 5.93. The number of hydrogen-bond donors (Lipinski definition) is 3. The fraction of sp³-hybridized carbons (Fsp3) is 0.824. The van der Waals surface area contributed by atoms with E-state index >= 15 is 0 Å². The van der Waals surface area contributed by atoms with Crippen LogP contribution in [0.15, 0.2) is 0 Å². The lowest BCUT2D eigenvalue weighted by molar-refractivity contribution is -0.150. The van der Waals surface area contributed by atoms with Gasteiger partial charge in [0.1, 0.15) is 17.7 Å². The summed E-state index contributed by atoms with van der Waals surface area (Å²) in [4.78, 5) is 70.9. The average molecular weight is 701 g/mol. The van der Waals surface area contributed by atoms with Gasteiger partial charge in [-0.25, -0.2) is 0 Å². The number of Topliss-reactive ketones (excluding diaryl/α,β-unsaturated/α-hetero) is 3. The molecule has 0 bridgehead atoms. The smallest absolute Gasteiger partial charge is 0.306 e. The van der Waals surface area contributed by atoms with Crippen LogP contribution in [-0.4, -0.2) is 90.4 Å². The van der Waals surface area contributed by atoms with Gasteiger partial charge < -0.3 is 30.8 Å². The minimum absolute atomic E-state index is 0. The van der Waals surface area contributed by atoms with E-state index in [-0.39, 0.29) is 138 Å². The third-order valence-corrected chi connectivity index (χ3v) is 7.14. The van der Waals surface area contributed by atoms with Gasteiger partial charge in [-0.3, -0.25) is 28.8 Å². The number of thioether (sulfide) groups is 1. The lowest BCUT2D eigenvalue weighted by Gasteiger charge is -2.19. The number of carbonyl (C=O) groups is 6. The summed E-state index contributed by atoms with van der Waals surface area (Å²) in [7, 11) is 0. The summed E-state index contributed by atoms with van der Waals surface area (Å²) < 4.78 is 16.0. The van der Waals surface area contributed by atoms with Crippen LogP contribution in [0.1, 0.15) is 129 Å². The predicted octanol–water partition coefficient (Wildman–Crippen LogP) is 5.47. The monoisotopic (exact) mass is 700 g/mol. The van der Waals surface area contributed by atoms with Crippen molar-refractivity contribution >= 4 is 47.0 Å². The quantitative estimate of drug-likeness (QED) is 0.0722. The predicted molar refractivity (Wildman–Crippen MR) is 194 cm³/mol. The van der Waals surface area contributed by atoms with Gasteiger partial charge >= 0.3 is 11.9 Å². The molecule has 47 heavy (non-hydrogen) atoms. The summed E-state index contributed by atoms with van der Waals surface area (Å²) >= 11 is 1.32. The zero-order valence-corrected chi connectivity index (χ0v) is 25.3. The van der Waals surface area contributed by atoms with Crippen LogP contribution in [-0.2, 0) is 43.0 Å². The number of esters is 2. The highest BCUT2D eigenvalue weighted by atomic mass is 32.2. The molecule has 0 radical (unpaired) electrons. The second-order valence-electron chi connectivity index (χ2n) is 9.75. The van der Waals surface area contributed by atoms with Crippen molar-refractivity contribution in [1.82, 2.24) is 0 Å². The van der Waals surface area contributed by atoms with E-state index in [0.717, 1.165) is 0 Å². The first-order valence-electron chi connectivity index (χ1n) is 14.3. The van der Waals surface area contributed by atoms with E-state index in [1.165, 1.54) is 11.8 Å². The topological polar surface area (TPSA) is 202 Å². The molecule has 0 aromatic rings. The maximum Gasteiger partial charge on any atom is 0.306 e. The zero-order chi connectivity index (χ0) is 31.0. The Morgan fingerprint density at radius 3 is 1.87 bits per heavy atom. The van der Waals surface area contributed by atoms with Gasteiger partial charge in [-0.2, -0.15) is 11.8 Å². The number of carbonyl (C=O) groups excluding carboxylic acids is 6. The summed E-state index contributed by atoms with van der Waals surface area (Å²) in [5.74, 6) is -2.23. The van der Waals surface area contributed by atoms with Gasteiger partial charge in [-0.1, -0.05) is 58.4 Å². The molecule has 284 valence electrons. The van der Waals surface area contributed by atoms with Crippen molar-refractivity contribution in [3.05, 3.63) is 0 Å². The van der Waals surface area contributed by atoms with Gasteiger partial charge in [0.25, 0.3) is 0 Å². The Morgan fingerprint density at radius 1 is 0.723 bits per heavy atom. The summed E-state index contributed by atoms with van der Waals surface area (Å²) in [6.45, 7) is 3.78. The van der Waals surface area contributed by atoms with E-state index in [0.29, 0.717) is 37.9 Å². The zero-order valence-electron chi connectivity index (χ0n) is 24.4. The minimum Gasteiger partial charge on any atom is -0.466 e. The Labute approximate surface area is 291 Å². The van der Waals surface area contributed by atoms with Crippen molar-refractivity contribution < 1.29 is 48.1 Å². The van der Waals surface area contributed by atoms with Crippen LogP contribution in [0.4, 0.5) is 0 Å². The van der Waals surface area contributed by atoms with E-state index in [1.807, 2.05) is 13.8 Å². The fourth-order valence-electron chi connectivity index (χ4n) is 3.53. The molecule has 0 aliphatic rings. The lowest BCUT2D eigenvalue weighted by Crippen LogP contribution is -2.36. The highest BCUT2D eigenvalue weighted by Gasteiger charge is 2.25. The van der Waals surface area contributed by atoms with Gasteiger partial charge in [0, 0.05) is 75.4 Å². The molecule has 0 aromatic carbocycles. The van der Waals surface area contributed by atoms with Crippen LogP contribution in [0.25, 0.3) is 0 Å². The number of rotatable bonds is 27. The van der Waals surface area contributed by atoms with Crippen LogP contribution in [0, 0.1) is 5.92 Å². The van der Waals surface area contributed by atoms with Gasteiger partial charge in [0.15, 0.2) is 5.78 Å². The summed E-state index contributed by atoms with van der Waals surface area (Å²) in [6, 6.07) is -0.869. The number of nitrogens with two attached hydrogens (primary N) is 2. The van der Waals surface area contributed by atoms with E-state index in [9.17, 15) is 33.9 Å². The Kier molecular flexibility index (Phi) is 48.7. The Balaban J connectivity index is -0.000000533. The second-order valence-corrected chi connectivity index (χ2v) is 10.8. The van der Waals surface area contributed by atoms with Gasteiger partial charge in [-0.15, -0.1) is 0 Å². The number of aliphatic hydroxyl groups excluding tert-OH is 1. The van der Waals surface area contributed by atoms with Crippen molar-refractivity contribution in [3.63, 3.8) is 0 Å². The van der Waals surface area contributed by atoms with Crippen LogP contribution in [0.3, 0.4) is 0 Å². The molecular weight excluding hydrogens is 628 g/mol. The molecule has 0 fully saturated rings. The summed E-state index contributed by atoms with van der Waals surface area (Å²) in [6.07, 6.45) is 2.26. The van der Waals surface area contributed by atoms with E-state index in [4.69, 9.17) is 25.7 Å². The van der Waals surface area contributed by atoms with Crippen LogP contribution < -0.4 is 11.5 Å². The van der Waals surface area contributed by atoms with Gasteiger partial charge in [0.05, 0.1) is 25.9 Å². The molecule has 5 N–H and O–H groups in total.